The van der Waals surface area contributed by atoms with Crippen LogP contribution in [0.5, 0.6) is 0 Å². The maximum absolute atomic E-state index is 13.2. The molecular formula is C20H25FN2O2S. The Labute approximate surface area is 158 Å². The van der Waals surface area contributed by atoms with E-state index >= 15 is 0 Å². The van der Waals surface area contributed by atoms with Gasteiger partial charge in [-0.25, -0.2) is 4.39 Å². The minimum absolute atomic E-state index is 0.0115. The lowest BCUT2D eigenvalue weighted by Gasteiger charge is -2.31. The fourth-order valence-electron chi connectivity index (χ4n) is 3.31. The van der Waals surface area contributed by atoms with Crippen molar-refractivity contribution in [3.63, 3.8) is 0 Å². The first-order valence-electron chi connectivity index (χ1n) is 9.08. The fourth-order valence-corrected chi connectivity index (χ4v) is 4.11. The summed E-state index contributed by atoms with van der Waals surface area (Å²) in [4.78, 5) is 15.8. The maximum atomic E-state index is 13.2. The molecule has 1 saturated heterocycles. The van der Waals surface area contributed by atoms with Gasteiger partial charge in [0, 0.05) is 24.6 Å². The van der Waals surface area contributed by atoms with Gasteiger partial charge in [0.2, 0.25) is 5.91 Å². The molecule has 1 fully saturated rings. The number of halogens is 1. The van der Waals surface area contributed by atoms with Gasteiger partial charge in [-0.3, -0.25) is 9.69 Å². The summed E-state index contributed by atoms with van der Waals surface area (Å²) in [7, 11) is 0. The lowest BCUT2D eigenvalue weighted by atomic mass is 10.0. The van der Waals surface area contributed by atoms with Crippen molar-refractivity contribution >= 4 is 17.2 Å². The number of piperidine rings is 1. The highest BCUT2D eigenvalue weighted by Crippen LogP contribution is 2.26. The predicted octanol–water partition coefficient (Wildman–Crippen LogP) is 3.59. The molecule has 0 saturated carbocycles. The van der Waals surface area contributed by atoms with Crippen LogP contribution in [0.2, 0.25) is 0 Å². The minimum atomic E-state index is -0.276. The first-order valence-corrected chi connectivity index (χ1v) is 9.96. The topological polar surface area (TPSA) is 41.6 Å². The molecule has 1 aromatic carbocycles. The Hall–Kier alpha value is -1.76. The number of hydrogen-bond donors (Lipinski definition) is 1. The van der Waals surface area contributed by atoms with Crippen molar-refractivity contribution in [1.82, 2.24) is 10.2 Å². The van der Waals surface area contributed by atoms with E-state index in [1.54, 1.807) is 23.5 Å². The van der Waals surface area contributed by atoms with Gasteiger partial charge in [0.05, 0.1) is 18.7 Å². The van der Waals surface area contributed by atoms with Crippen molar-refractivity contribution in [3.8, 4) is 0 Å². The first kappa shape index (κ1) is 19.0. The molecule has 2 heterocycles. The van der Waals surface area contributed by atoms with Gasteiger partial charge in [0.25, 0.3) is 0 Å². The van der Waals surface area contributed by atoms with Crippen LogP contribution in [0, 0.1) is 5.82 Å². The number of hydrogen-bond acceptors (Lipinski definition) is 4. The smallest absolute Gasteiger partial charge is 0.234 e. The highest BCUT2D eigenvalue weighted by molar-refractivity contribution is 7.10. The number of nitrogens with one attached hydrogen (secondary N) is 1. The first-order chi connectivity index (χ1) is 12.7. The highest BCUT2D eigenvalue weighted by atomic mass is 32.1. The lowest BCUT2D eigenvalue weighted by Crippen LogP contribution is -2.44. The summed E-state index contributed by atoms with van der Waals surface area (Å²) in [6.07, 6.45) is 2.25. The zero-order valence-corrected chi connectivity index (χ0v) is 15.8. The summed E-state index contributed by atoms with van der Waals surface area (Å²) in [5.41, 5.74) is 0.886. The minimum Gasteiger partial charge on any atom is -0.378 e. The monoisotopic (exact) mass is 376 g/mol. The number of likely N-dealkylation sites (tertiary alicyclic amines) is 1. The standard InChI is InChI=1S/C20H25FN2O2S/c1-2-25-17-9-11-23(12-10-17)14-19(24)22-20(18-4-3-13-26-18)15-5-7-16(21)8-6-15/h3-8,13,17,20H,2,9-12,14H2,1H3,(H,22,24). The molecule has 3 rings (SSSR count). The number of nitrogens with zero attached hydrogens (tertiary/aromatic N) is 1. The van der Waals surface area contributed by atoms with E-state index in [1.165, 1.54) is 12.1 Å². The molecule has 0 spiro atoms. The van der Waals surface area contributed by atoms with E-state index in [4.69, 9.17) is 4.74 Å². The van der Waals surface area contributed by atoms with Gasteiger partial charge < -0.3 is 10.1 Å². The highest BCUT2D eigenvalue weighted by Gasteiger charge is 2.23. The van der Waals surface area contributed by atoms with E-state index in [-0.39, 0.29) is 17.8 Å². The Balaban J connectivity index is 1.60. The zero-order valence-electron chi connectivity index (χ0n) is 15.0. The van der Waals surface area contributed by atoms with E-state index in [9.17, 15) is 9.18 Å². The lowest BCUT2D eigenvalue weighted by molar-refractivity contribution is -0.123. The number of ether oxygens (including phenoxy) is 1. The quantitative estimate of drug-likeness (QED) is 0.803. The molecule has 140 valence electrons. The van der Waals surface area contributed by atoms with Crippen LogP contribution in [-0.4, -0.2) is 43.2 Å². The summed E-state index contributed by atoms with van der Waals surface area (Å²) in [6.45, 7) is 4.88. The molecule has 1 N–H and O–H groups in total. The van der Waals surface area contributed by atoms with E-state index in [0.29, 0.717) is 12.6 Å². The van der Waals surface area contributed by atoms with Gasteiger partial charge in [0.15, 0.2) is 0 Å². The van der Waals surface area contributed by atoms with Gasteiger partial charge >= 0.3 is 0 Å². The SMILES string of the molecule is CCOC1CCN(CC(=O)NC(c2ccc(F)cc2)c2cccs2)CC1. The number of benzene rings is 1. The number of carbonyl (C=O) groups excluding carboxylic acids is 1. The molecule has 1 amide bonds. The molecule has 0 radical (unpaired) electrons. The van der Waals surface area contributed by atoms with Crippen LogP contribution in [0.25, 0.3) is 0 Å². The Kier molecular flexibility index (Phi) is 6.77. The summed E-state index contributed by atoms with van der Waals surface area (Å²) in [6, 6.07) is 10.0. The molecule has 0 bridgehead atoms. The van der Waals surface area contributed by atoms with Gasteiger partial charge in [-0.15, -0.1) is 11.3 Å². The van der Waals surface area contributed by atoms with E-state index in [1.807, 2.05) is 24.4 Å². The average molecular weight is 376 g/mol. The van der Waals surface area contributed by atoms with Crippen molar-refractivity contribution in [2.24, 2.45) is 0 Å². The van der Waals surface area contributed by atoms with Crippen LogP contribution in [0.4, 0.5) is 4.39 Å². The van der Waals surface area contributed by atoms with Gasteiger partial charge in [0.1, 0.15) is 5.82 Å². The second-order valence-electron chi connectivity index (χ2n) is 6.50. The number of rotatable bonds is 7. The molecule has 4 nitrogen and oxygen atoms in total. The third-order valence-corrected chi connectivity index (χ3v) is 5.58. The predicted molar refractivity (Wildman–Crippen MR) is 102 cm³/mol. The number of carbonyl (C=O) groups is 1. The molecule has 1 atom stereocenters. The molecule has 1 aliphatic rings. The average Bonchev–Trinajstić information content (AvgIpc) is 3.17. The third kappa shape index (κ3) is 5.13. The van der Waals surface area contributed by atoms with Gasteiger partial charge in [-0.2, -0.15) is 0 Å². The fraction of sp³-hybridized carbons (Fsp3) is 0.450. The van der Waals surface area contributed by atoms with Crippen LogP contribution in [-0.2, 0) is 9.53 Å². The Morgan fingerprint density at radius 1 is 1.31 bits per heavy atom. The van der Waals surface area contributed by atoms with Gasteiger partial charge in [-0.1, -0.05) is 18.2 Å². The van der Waals surface area contributed by atoms with E-state index in [2.05, 4.69) is 10.2 Å². The second kappa shape index (κ2) is 9.26. The number of thiophene rings is 1. The normalized spacial score (nSPS) is 17.2. The maximum Gasteiger partial charge on any atom is 0.234 e. The van der Waals surface area contributed by atoms with E-state index in [0.717, 1.165) is 43.0 Å². The van der Waals surface area contributed by atoms with Crippen LogP contribution >= 0.6 is 11.3 Å². The van der Waals surface area contributed by atoms with Crippen molar-refractivity contribution in [2.45, 2.75) is 31.9 Å². The molecule has 1 aliphatic heterocycles. The largest absolute Gasteiger partial charge is 0.378 e. The van der Waals surface area contributed by atoms with Crippen molar-refractivity contribution in [2.75, 3.05) is 26.2 Å². The van der Waals surface area contributed by atoms with E-state index < -0.39 is 0 Å². The molecule has 0 aliphatic carbocycles. The second-order valence-corrected chi connectivity index (χ2v) is 7.48. The summed E-state index contributed by atoms with van der Waals surface area (Å²) in [5.74, 6) is -0.287. The zero-order chi connectivity index (χ0) is 18.4. The van der Waals surface area contributed by atoms with Crippen molar-refractivity contribution < 1.29 is 13.9 Å². The van der Waals surface area contributed by atoms with Crippen molar-refractivity contribution in [3.05, 3.63) is 58.0 Å². The summed E-state index contributed by atoms with van der Waals surface area (Å²) >= 11 is 1.59. The van der Waals surface area contributed by atoms with Crippen molar-refractivity contribution in [1.29, 1.82) is 0 Å². The molecule has 26 heavy (non-hydrogen) atoms. The molecular weight excluding hydrogens is 351 g/mol. The number of amides is 1. The summed E-state index contributed by atoms with van der Waals surface area (Å²) in [5, 5.41) is 5.10. The molecule has 2 aromatic rings. The Bertz CT molecular complexity index is 682. The summed E-state index contributed by atoms with van der Waals surface area (Å²) < 4.78 is 18.9. The Morgan fingerprint density at radius 2 is 2.04 bits per heavy atom. The van der Waals surface area contributed by atoms with Gasteiger partial charge in [-0.05, 0) is 48.9 Å². The molecule has 1 aromatic heterocycles. The van der Waals surface area contributed by atoms with Crippen LogP contribution in [0.3, 0.4) is 0 Å². The Morgan fingerprint density at radius 3 is 2.65 bits per heavy atom. The van der Waals surface area contributed by atoms with Crippen LogP contribution in [0.15, 0.2) is 41.8 Å². The molecule has 1 unspecified atom stereocenters. The van der Waals surface area contributed by atoms with Crippen LogP contribution < -0.4 is 5.32 Å². The third-order valence-electron chi connectivity index (χ3n) is 4.64. The van der Waals surface area contributed by atoms with Crippen LogP contribution in [0.1, 0.15) is 36.2 Å². The molecule has 6 heteroatoms.